The summed E-state index contributed by atoms with van der Waals surface area (Å²) in [4.78, 5) is 19.7. The van der Waals surface area contributed by atoms with Crippen LogP contribution in [0.2, 0.25) is 0 Å². The van der Waals surface area contributed by atoms with Gasteiger partial charge in [0.2, 0.25) is 0 Å². The molecule has 0 radical (unpaired) electrons. The van der Waals surface area contributed by atoms with E-state index in [4.69, 9.17) is 5.11 Å². The molecule has 0 saturated carbocycles. The van der Waals surface area contributed by atoms with Gasteiger partial charge in [-0.3, -0.25) is 9.97 Å². The third-order valence-electron chi connectivity index (χ3n) is 3.15. The van der Waals surface area contributed by atoms with E-state index in [1.807, 2.05) is 0 Å². The highest BCUT2D eigenvalue weighted by atomic mass is 19.1. The molecular weight excluding hydrogens is 271 g/mol. The summed E-state index contributed by atoms with van der Waals surface area (Å²) in [5.74, 6) is -1.46. The minimum atomic E-state index is -1.05. The van der Waals surface area contributed by atoms with Crippen molar-refractivity contribution in [2.24, 2.45) is 0 Å². The molecule has 5 heteroatoms. The first kappa shape index (κ1) is 13.2. The van der Waals surface area contributed by atoms with Gasteiger partial charge in [0.15, 0.2) is 0 Å². The SMILES string of the molecule is Cc1cc(C(=O)O)cc(-c2cc(F)cc3cccnc23)n1. The van der Waals surface area contributed by atoms with Gasteiger partial charge in [0.1, 0.15) is 5.82 Å². The quantitative estimate of drug-likeness (QED) is 0.782. The minimum absolute atomic E-state index is 0.117. The number of rotatable bonds is 2. The van der Waals surface area contributed by atoms with Crippen LogP contribution in [0.15, 0.2) is 42.6 Å². The fourth-order valence-electron chi connectivity index (χ4n) is 2.28. The van der Waals surface area contributed by atoms with Crippen LogP contribution in [0.3, 0.4) is 0 Å². The Labute approximate surface area is 119 Å². The smallest absolute Gasteiger partial charge is 0.335 e. The van der Waals surface area contributed by atoms with Crippen LogP contribution >= 0.6 is 0 Å². The number of carboxylic acids is 1. The van der Waals surface area contributed by atoms with Gasteiger partial charge in [-0.15, -0.1) is 0 Å². The van der Waals surface area contributed by atoms with Crippen molar-refractivity contribution in [2.75, 3.05) is 0 Å². The second kappa shape index (κ2) is 4.94. The Balaban J connectivity index is 2.32. The molecule has 0 amide bonds. The number of aryl methyl sites for hydroxylation is 1. The van der Waals surface area contributed by atoms with E-state index in [1.165, 1.54) is 24.3 Å². The number of aromatic carboxylic acids is 1. The average Bonchev–Trinajstić information content (AvgIpc) is 2.45. The fourth-order valence-corrected chi connectivity index (χ4v) is 2.28. The van der Waals surface area contributed by atoms with E-state index in [-0.39, 0.29) is 5.56 Å². The number of hydrogen-bond donors (Lipinski definition) is 1. The lowest BCUT2D eigenvalue weighted by atomic mass is 10.0. The van der Waals surface area contributed by atoms with Crippen molar-refractivity contribution in [1.29, 1.82) is 0 Å². The molecule has 0 saturated heterocycles. The van der Waals surface area contributed by atoms with Gasteiger partial charge in [-0.1, -0.05) is 6.07 Å². The Bertz CT molecular complexity index is 862. The van der Waals surface area contributed by atoms with Gasteiger partial charge < -0.3 is 5.11 Å². The monoisotopic (exact) mass is 282 g/mol. The summed E-state index contributed by atoms with van der Waals surface area (Å²) in [5, 5.41) is 9.78. The second-order valence-corrected chi connectivity index (χ2v) is 4.72. The topological polar surface area (TPSA) is 63.1 Å². The highest BCUT2D eigenvalue weighted by molar-refractivity contribution is 5.95. The summed E-state index contributed by atoms with van der Waals surface area (Å²) >= 11 is 0. The van der Waals surface area contributed by atoms with E-state index < -0.39 is 11.8 Å². The Morgan fingerprint density at radius 3 is 2.81 bits per heavy atom. The lowest BCUT2D eigenvalue weighted by Crippen LogP contribution is -2.00. The number of carbonyl (C=O) groups is 1. The van der Waals surface area contributed by atoms with Crippen molar-refractivity contribution in [3.05, 3.63) is 59.7 Å². The van der Waals surface area contributed by atoms with Gasteiger partial charge in [-0.2, -0.15) is 0 Å². The van der Waals surface area contributed by atoms with Gasteiger partial charge in [0.05, 0.1) is 16.8 Å². The zero-order valence-corrected chi connectivity index (χ0v) is 11.2. The molecule has 1 N–H and O–H groups in total. The van der Waals surface area contributed by atoms with Crippen LogP contribution in [-0.2, 0) is 0 Å². The lowest BCUT2D eigenvalue weighted by molar-refractivity contribution is 0.0696. The molecule has 0 unspecified atom stereocenters. The third-order valence-corrected chi connectivity index (χ3v) is 3.15. The Kier molecular flexibility index (Phi) is 3.10. The summed E-state index contributed by atoms with van der Waals surface area (Å²) in [6.45, 7) is 1.70. The summed E-state index contributed by atoms with van der Waals surface area (Å²) in [6, 6.07) is 9.09. The molecule has 0 atom stereocenters. The van der Waals surface area contributed by atoms with Crippen LogP contribution in [0.1, 0.15) is 16.1 Å². The molecule has 3 aromatic rings. The molecular formula is C16H11FN2O2. The summed E-state index contributed by atoms with van der Waals surface area (Å²) in [6.07, 6.45) is 1.61. The number of pyridine rings is 2. The number of fused-ring (bicyclic) bond motifs is 1. The first-order valence-electron chi connectivity index (χ1n) is 6.31. The average molecular weight is 282 g/mol. The highest BCUT2D eigenvalue weighted by Crippen LogP contribution is 2.28. The number of nitrogens with zero attached hydrogens (tertiary/aromatic N) is 2. The van der Waals surface area contributed by atoms with Crippen molar-refractivity contribution in [3.63, 3.8) is 0 Å². The summed E-state index contributed by atoms with van der Waals surface area (Å²) in [7, 11) is 0. The maximum Gasteiger partial charge on any atom is 0.335 e. The van der Waals surface area contributed by atoms with Crippen molar-refractivity contribution in [2.45, 2.75) is 6.92 Å². The maximum absolute atomic E-state index is 13.8. The van der Waals surface area contributed by atoms with Gasteiger partial charge >= 0.3 is 5.97 Å². The molecule has 0 fully saturated rings. The molecule has 21 heavy (non-hydrogen) atoms. The van der Waals surface area contributed by atoms with Crippen molar-refractivity contribution in [1.82, 2.24) is 9.97 Å². The fraction of sp³-hybridized carbons (Fsp3) is 0.0625. The van der Waals surface area contributed by atoms with Crippen LogP contribution in [-0.4, -0.2) is 21.0 Å². The zero-order valence-electron chi connectivity index (χ0n) is 11.2. The van der Waals surface area contributed by atoms with Crippen LogP contribution in [0.25, 0.3) is 22.2 Å². The lowest BCUT2D eigenvalue weighted by Gasteiger charge is -2.08. The predicted octanol–water partition coefficient (Wildman–Crippen LogP) is 3.44. The standard InChI is InChI=1S/C16H11FN2O2/c1-9-5-11(16(20)21)7-14(19-9)13-8-12(17)6-10-3-2-4-18-15(10)13/h2-8H,1H3,(H,20,21). The molecule has 4 nitrogen and oxygen atoms in total. The molecule has 0 aliphatic heterocycles. The Morgan fingerprint density at radius 1 is 1.24 bits per heavy atom. The third kappa shape index (κ3) is 2.45. The van der Waals surface area contributed by atoms with Crippen LogP contribution in [0, 0.1) is 12.7 Å². The van der Waals surface area contributed by atoms with E-state index in [0.717, 1.165) is 0 Å². The van der Waals surface area contributed by atoms with E-state index in [2.05, 4.69) is 9.97 Å². The van der Waals surface area contributed by atoms with Gasteiger partial charge in [0, 0.05) is 22.8 Å². The Hall–Kier alpha value is -2.82. The molecule has 2 aromatic heterocycles. The maximum atomic E-state index is 13.8. The minimum Gasteiger partial charge on any atom is -0.478 e. The van der Waals surface area contributed by atoms with E-state index >= 15 is 0 Å². The number of benzene rings is 1. The van der Waals surface area contributed by atoms with Crippen LogP contribution < -0.4 is 0 Å². The molecule has 3 rings (SSSR count). The Morgan fingerprint density at radius 2 is 2.05 bits per heavy atom. The van der Waals surface area contributed by atoms with Gasteiger partial charge in [0.25, 0.3) is 0 Å². The number of carboxylic acid groups (broad SMARTS) is 1. The first-order valence-corrected chi connectivity index (χ1v) is 6.31. The first-order chi connectivity index (χ1) is 10.0. The summed E-state index contributed by atoms with van der Waals surface area (Å²) < 4.78 is 13.8. The second-order valence-electron chi connectivity index (χ2n) is 4.72. The van der Waals surface area contributed by atoms with Crippen LogP contribution in [0.4, 0.5) is 4.39 Å². The van der Waals surface area contributed by atoms with Crippen molar-refractivity contribution < 1.29 is 14.3 Å². The molecule has 0 aliphatic carbocycles. The zero-order chi connectivity index (χ0) is 15.0. The highest BCUT2D eigenvalue weighted by Gasteiger charge is 2.12. The van der Waals surface area contributed by atoms with E-state index in [0.29, 0.717) is 27.9 Å². The van der Waals surface area contributed by atoms with Gasteiger partial charge in [-0.25, -0.2) is 9.18 Å². The molecule has 2 heterocycles. The van der Waals surface area contributed by atoms with Crippen molar-refractivity contribution in [3.8, 4) is 11.3 Å². The normalized spacial score (nSPS) is 10.8. The number of hydrogen-bond acceptors (Lipinski definition) is 3. The van der Waals surface area contributed by atoms with Gasteiger partial charge in [-0.05, 0) is 37.3 Å². The molecule has 1 aromatic carbocycles. The van der Waals surface area contributed by atoms with E-state index in [1.54, 1.807) is 25.3 Å². The molecule has 0 aliphatic rings. The van der Waals surface area contributed by atoms with Crippen LogP contribution in [0.5, 0.6) is 0 Å². The number of halogens is 1. The summed E-state index contributed by atoms with van der Waals surface area (Å²) in [5.41, 5.74) is 2.14. The largest absolute Gasteiger partial charge is 0.478 e. The van der Waals surface area contributed by atoms with E-state index in [9.17, 15) is 9.18 Å². The molecule has 104 valence electrons. The molecule has 0 bridgehead atoms. The number of aromatic nitrogens is 2. The predicted molar refractivity (Wildman–Crippen MR) is 76.6 cm³/mol. The molecule has 0 spiro atoms. The van der Waals surface area contributed by atoms with Crippen molar-refractivity contribution >= 4 is 16.9 Å².